The van der Waals surface area contributed by atoms with Gasteiger partial charge in [-0.1, -0.05) is 18.2 Å². The first-order chi connectivity index (χ1) is 12.7. The Hall–Kier alpha value is -2.80. The molecule has 0 fully saturated rings. The minimum absolute atomic E-state index is 0.0669. The Morgan fingerprint density at radius 2 is 1.96 bits per heavy atom. The van der Waals surface area contributed by atoms with Crippen LogP contribution < -0.4 is 16.2 Å². The predicted octanol–water partition coefficient (Wildman–Crippen LogP) is 2.90. The fourth-order valence-corrected chi connectivity index (χ4v) is 3.59. The van der Waals surface area contributed by atoms with Gasteiger partial charge in [0.05, 0.1) is 0 Å². The Bertz CT molecular complexity index is 838. The summed E-state index contributed by atoms with van der Waals surface area (Å²) in [6.07, 6.45) is -1.83. The van der Waals surface area contributed by atoms with E-state index in [2.05, 4.69) is 0 Å². The van der Waals surface area contributed by atoms with E-state index in [-0.39, 0.29) is 12.4 Å². The number of nitrogen functional groups attached to an aromatic ring is 1. The lowest BCUT2D eigenvalue weighted by atomic mass is 9.72. The van der Waals surface area contributed by atoms with E-state index in [1.54, 1.807) is 44.2 Å². The molecule has 0 saturated carbocycles. The predicted molar refractivity (Wildman–Crippen MR) is 99.0 cm³/mol. The molecular weight excluding hydrogens is 351 g/mol. The Morgan fingerprint density at radius 1 is 1.30 bits per heavy atom. The van der Waals surface area contributed by atoms with Crippen LogP contribution in [0.4, 0.5) is 14.9 Å². The van der Waals surface area contributed by atoms with Gasteiger partial charge in [0.1, 0.15) is 29.9 Å². The molecule has 3 atom stereocenters. The zero-order valence-corrected chi connectivity index (χ0v) is 15.2. The van der Waals surface area contributed by atoms with E-state index in [1.807, 2.05) is 0 Å². The topological polar surface area (TPSA) is 108 Å². The van der Waals surface area contributed by atoms with Crippen LogP contribution >= 0.6 is 0 Å². The highest BCUT2D eigenvalue weighted by Gasteiger charge is 2.46. The first-order valence-electron chi connectivity index (χ1n) is 8.63. The highest BCUT2D eigenvalue weighted by atomic mass is 19.1. The molecule has 3 rings (SSSR count). The number of hydrogen-bond donors (Lipinski definition) is 3. The molecule has 0 spiro atoms. The van der Waals surface area contributed by atoms with E-state index in [1.165, 1.54) is 12.1 Å². The number of aliphatic hydroxyl groups is 1. The maximum atomic E-state index is 13.4. The standard InChI is InChI=1S/C20H23FN2O4/c1-20(2)18(24)17(14-8-7-13(22)9-16(14)27-20)15(10-26-19(23)25)11-3-5-12(21)6-4-11/h3-9,15,17-18,24H,10,22H2,1-2H3,(H2,23,25)/t15?,17-,18?/m1/s1. The third kappa shape index (κ3) is 3.83. The number of carbonyl (C=O) groups excluding carboxylic acids is 1. The van der Waals surface area contributed by atoms with E-state index in [0.717, 1.165) is 5.56 Å². The quantitative estimate of drug-likeness (QED) is 0.713. The molecule has 2 aromatic carbocycles. The minimum atomic E-state index is -0.917. The molecular formula is C20H23FN2O4. The average Bonchev–Trinajstić information content (AvgIpc) is 2.59. The fourth-order valence-electron chi connectivity index (χ4n) is 3.59. The Kier molecular flexibility index (Phi) is 4.97. The summed E-state index contributed by atoms with van der Waals surface area (Å²) in [6, 6.07) is 11.1. The first-order valence-corrected chi connectivity index (χ1v) is 8.63. The third-order valence-electron chi connectivity index (χ3n) is 4.96. The normalized spacial score (nSPS) is 21.6. The van der Waals surface area contributed by atoms with Crippen molar-refractivity contribution in [3.05, 3.63) is 59.4 Å². The fraction of sp³-hybridized carbons (Fsp3) is 0.350. The van der Waals surface area contributed by atoms with E-state index < -0.39 is 29.6 Å². The molecule has 2 aromatic rings. The lowest BCUT2D eigenvalue weighted by Gasteiger charge is -2.45. The van der Waals surface area contributed by atoms with Crippen LogP contribution in [0.1, 0.15) is 36.8 Å². The van der Waals surface area contributed by atoms with Gasteiger partial charge in [-0.2, -0.15) is 0 Å². The van der Waals surface area contributed by atoms with Crippen LogP contribution in [0.5, 0.6) is 5.75 Å². The van der Waals surface area contributed by atoms with Crippen LogP contribution in [0.15, 0.2) is 42.5 Å². The van der Waals surface area contributed by atoms with Gasteiger partial charge in [-0.3, -0.25) is 0 Å². The number of aliphatic hydroxyl groups excluding tert-OH is 1. The number of fused-ring (bicyclic) bond motifs is 1. The van der Waals surface area contributed by atoms with Gasteiger partial charge < -0.3 is 26.0 Å². The minimum Gasteiger partial charge on any atom is -0.485 e. The largest absolute Gasteiger partial charge is 0.485 e. The van der Waals surface area contributed by atoms with Gasteiger partial charge in [0.2, 0.25) is 0 Å². The SMILES string of the molecule is CC1(C)Oc2cc(N)ccc2[C@H](C(COC(N)=O)c2ccc(F)cc2)C1O. The second kappa shape index (κ2) is 7.08. The summed E-state index contributed by atoms with van der Waals surface area (Å²) >= 11 is 0. The summed E-state index contributed by atoms with van der Waals surface area (Å²) in [5.74, 6) is -0.761. The molecule has 144 valence electrons. The van der Waals surface area contributed by atoms with Gasteiger partial charge in [-0.05, 0) is 37.6 Å². The molecule has 0 bridgehead atoms. The maximum Gasteiger partial charge on any atom is 0.404 e. The summed E-state index contributed by atoms with van der Waals surface area (Å²) in [5, 5.41) is 11.1. The number of nitrogens with two attached hydrogens (primary N) is 2. The molecule has 0 aromatic heterocycles. The Balaban J connectivity index is 2.11. The Morgan fingerprint density at radius 3 is 2.59 bits per heavy atom. The lowest BCUT2D eigenvalue weighted by Crippen LogP contribution is -2.50. The number of carbonyl (C=O) groups is 1. The average molecular weight is 374 g/mol. The van der Waals surface area contributed by atoms with E-state index in [4.69, 9.17) is 20.9 Å². The third-order valence-corrected chi connectivity index (χ3v) is 4.96. The summed E-state index contributed by atoms with van der Waals surface area (Å²) in [6.45, 7) is 3.48. The van der Waals surface area contributed by atoms with Crippen molar-refractivity contribution in [3.63, 3.8) is 0 Å². The number of rotatable bonds is 4. The molecule has 0 aliphatic carbocycles. The second-order valence-electron chi connectivity index (χ2n) is 7.26. The van der Waals surface area contributed by atoms with Crippen molar-refractivity contribution in [2.45, 2.75) is 37.4 Å². The smallest absolute Gasteiger partial charge is 0.404 e. The van der Waals surface area contributed by atoms with E-state index in [9.17, 15) is 14.3 Å². The van der Waals surface area contributed by atoms with Gasteiger partial charge in [0.15, 0.2) is 0 Å². The zero-order valence-electron chi connectivity index (χ0n) is 15.2. The summed E-state index contributed by atoms with van der Waals surface area (Å²) in [5.41, 5.74) is 12.1. The first kappa shape index (κ1) is 19.0. The van der Waals surface area contributed by atoms with Gasteiger partial charge in [0, 0.05) is 29.2 Å². The van der Waals surface area contributed by atoms with Crippen molar-refractivity contribution in [1.29, 1.82) is 0 Å². The molecule has 2 unspecified atom stereocenters. The highest BCUT2D eigenvalue weighted by molar-refractivity contribution is 5.64. The summed E-state index contributed by atoms with van der Waals surface area (Å²) < 4.78 is 24.4. The van der Waals surface area contributed by atoms with Crippen LogP contribution in [0, 0.1) is 5.82 Å². The second-order valence-corrected chi connectivity index (χ2v) is 7.26. The molecule has 1 amide bonds. The van der Waals surface area contributed by atoms with Gasteiger partial charge in [-0.25, -0.2) is 9.18 Å². The molecule has 27 heavy (non-hydrogen) atoms. The van der Waals surface area contributed by atoms with Gasteiger partial charge in [0.25, 0.3) is 0 Å². The summed E-state index contributed by atoms with van der Waals surface area (Å²) in [7, 11) is 0. The number of benzene rings is 2. The number of primary amides is 1. The maximum absolute atomic E-state index is 13.4. The molecule has 6 nitrogen and oxygen atoms in total. The molecule has 1 aliphatic heterocycles. The van der Waals surface area contributed by atoms with Crippen molar-refractivity contribution in [2.75, 3.05) is 12.3 Å². The van der Waals surface area contributed by atoms with Gasteiger partial charge >= 0.3 is 6.09 Å². The van der Waals surface area contributed by atoms with Crippen LogP contribution in [0.25, 0.3) is 0 Å². The molecule has 7 heteroatoms. The van der Waals surface area contributed by atoms with Crippen molar-refractivity contribution in [1.82, 2.24) is 0 Å². The highest BCUT2D eigenvalue weighted by Crippen LogP contribution is 2.48. The number of ether oxygens (including phenoxy) is 2. The lowest BCUT2D eigenvalue weighted by molar-refractivity contribution is -0.0660. The number of anilines is 1. The number of amides is 1. The van der Waals surface area contributed by atoms with Crippen LogP contribution in [0.3, 0.4) is 0 Å². The molecule has 1 heterocycles. The summed E-state index contributed by atoms with van der Waals surface area (Å²) in [4.78, 5) is 11.2. The van der Waals surface area contributed by atoms with Crippen LogP contribution in [-0.2, 0) is 4.74 Å². The molecule has 1 aliphatic rings. The van der Waals surface area contributed by atoms with Crippen LogP contribution in [0.2, 0.25) is 0 Å². The van der Waals surface area contributed by atoms with Crippen molar-refractivity contribution in [3.8, 4) is 5.75 Å². The van der Waals surface area contributed by atoms with Crippen molar-refractivity contribution in [2.24, 2.45) is 5.73 Å². The van der Waals surface area contributed by atoms with E-state index >= 15 is 0 Å². The number of hydrogen-bond acceptors (Lipinski definition) is 5. The monoisotopic (exact) mass is 374 g/mol. The van der Waals surface area contributed by atoms with Crippen molar-refractivity contribution >= 4 is 11.8 Å². The van der Waals surface area contributed by atoms with Crippen molar-refractivity contribution < 1.29 is 23.8 Å². The molecule has 0 saturated heterocycles. The van der Waals surface area contributed by atoms with Gasteiger partial charge in [-0.15, -0.1) is 0 Å². The molecule has 0 radical (unpaired) electrons. The Labute approximate surface area is 156 Å². The molecule has 5 N–H and O–H groups in total. The van der Waals surface area contributed by atoms with E-state index in [0.29, 0.717) is 17.0 Å². The number of halogens is 1. The zero-order chi connectivity index (χ0) is 19.8. The van der Waals surface area contributed by atoms with Crippen LogP contribution in [-0.4, -0.2) is 29.5 Å².